The van der Waals surface area contributed by atoms with Gasteiger partial charge in [0, 0.05) is 25.2 Å². The Morgan fingerprint density at radius 2 is 2.33 bits per heavy atom. The summed E-state index contributed by atoms with van der Waals surface area (Å²) < 4.78 is 1.11. The van der Waals surface area contributed by atoms with Crippen LogP contribution < -0.4 is 10.6 Å². The quantitative estimate of drug-likeness (QED) is 0.897. The first-order chi connectivity index (χ1) is 7.20. The smallest absolute Gasteiger partial charge is 0.186 e. The van der Waals surface area contributed by atoms with Gasteiger partial charge in [-0.1, -0.05) is 22.9 Å². The molecule has 0 spiro atoms. The standard InChI is InChI=1S/C10H12ClN3S/c1-14(5-4-12)10-13-8-3-2-7(11)6-9(8)15-10/h2-3,6H,4-5,12H2,1H3. The van der Waals surface area contributed by atoms with Crippen LogP contribution in [0.4, 0.5) is 5.13 Å². The fourth-order valence-electron chi connectivity index (χ4n) is 1.34. The molecule has 0 radical (unpaired) electrons. The van der Waals surface area contributed by atoms with Gasteiger partial charge < -0.3 is 10.6 Å². The molecule has 2 N–H and O–H groups in total. The molecule has 0 aliphatic rings. The minimum atomic E-state index is 0.632. The summed E-state index contributed by atoms with van der Waals surface area (Å²) in [6.45, 7) is 1.45. The maximum absolute atomic E-state index is 5.91. The number of hydrogen-bond donors (Lipinski definition) is 1. The SMILES string of the molecule is CN(CCN)c1nc2ccc(Cl)cc2s1. The van der Waals surface area contributed by atoms with Crippen molar-refractivity contribution in [2.24, 2.45) is 5.73 Å². The molecule has 0 bridgehead atoms. The molecule has 0 aliphatic carbocycles. The topological polar surface area (TPSA) is 42.1 Å². The molecule has 80 valence electrons. The van der Waals surface area contributed by atoms with Crippen LogP contribution in [0.5, 0.6) is 0 Å². The Bertz CT molecular complexity index is 469. The number of thiazole rings is 1. The molecule has 0 unspecified atom stereocenters. The minimum Gasteiger partial charge on any atom is -0.350 e. The second kappa shape index (κ2) is 4.35. The van der Waals surface area contributed by atoms with Crippen LogP contribution in [0, 0.1) is 0 Å². The van der Waals surface area contributed by atoms with E-state index in [0.29, 0.717) is 6.54 Å². The fraction of sp³-hybridized carbons (Fsp3) is 0.300. The summed E-state index contributed by atoms with van der Waals surface area (Å²) >= 11 is 7.55. The van der Waals surface area contributed by atoms with E-state index in [4.69, 9.17) is 17.3 Å². The third-order valence-electron chi connectivity index (χ3n) is 2.13. The molecule has 1 aromatic carbocycles. The Kier molecular flexibility index (Phi) is 3.09. The molecule has 0 fully saturated rings. The van der Waals surface area contributed by atoms with Gasteiger partial charge in [0.05, 0.1) is 10.2 Å². The van der Waals surface area contributed by atoms with Crippen molar-refractivity contribution in [2.45, 2.75) is 0 Å². The maximum Gasteiger partial charge on any atom is 0.186 e. The number of nitrogens with two attached hydrogens (primary N) is 1. The normalized spacial score (nSPS) is 10.9. The van der Waals surface area contributed by atoms with Gasteiger partial charge >= 0.3 is 0 Å². The highest BCUT2D eigenvalue weighted by Gasteiger charge is 2.07. The Labute approximate surface area is 97.5 Å². The van der Waals surface area contributed by atoms with Gasteiger partial charge in [0.2, 0.25) is 0 Å². The van der Waals surface area contributed by atoms with Crippen LogP contribution in [-0.2, 0) is 0 Å². The maximum atomic E-state index is 5.91. The second-order valence-corrected chi connectivity index (χ2v) is 4.76. The first kappa shape index (κ1) is 10.7. The molecule has 1 heterocycles. The van der Waals surface area contributed by atoms with Crippen molar-refractivity contribution >= 4 is 38.3 Å². The summed E-state index contributed by atoms with van der Waals surface area (Å²) in [5.74, 6) is 0. The lowest BCUT2D eigenvalue weighted by Crippen LogP contribution is -2.24. The number of likely N-dealkylation sites (N-methyl/N-ethyl adjacent to an activating group) is 1. The molecule has 0 saturated carbocycles. The lowest BCUT2D eigenvalue weighted by atomic mass is 10.3. The van der Waals surface area contributed by atoms with Crippen LogP contribution in [0.25, 0.3) is 10.2 Å². The molecule has 3 nitrogen and oxygen atoms in total. The van der Waals surface area contributed by atoms with Gasteiger partial charge in [0.25, 0.3) is 0 Å². The van der Waals surface area contributed by atoms with Gasteiger partial charge in [-0.05, 0) is 18.2 Å². The van der Waals surface area contributed by atoms with Crippen molar-refractivity contribution in [3.05, 3.63) is 23.2 Å². The molecule has 1 aromatic heterocycles. The Hall–Kier alpha value is -0.840. The lowest BCUT2D eigenvalue weighted by molar-refractivity contribution is 0.882. The zero-order valence-electron chi connectivity index (χ0n) is 8.40. The molecular formula is C10H12ClN3S. The van der Waals surface area contributed by atoms with E-state index in [0.717, 1.165) is 26.9 Å². The summed E-state index contributed by atoms with van der Waals surface area (Å²) in [6.07, 6.45) is 0. The number of hydrogen-bond acceptors (Lipinski definition) is 4. The van der Waals surface area contributed by atoms with E-state index in [2.05, 4.69) is 9.88 Å². The number of fused-ring (bicyclic) bond motifs is 1. The van der Waals surface area contributed by atoms with Gasteiger partial charge in [-0.3, -0.25) is 0 Å². The van der Waals surface area contributed by atoms with E-state index in [9.17, 15) is 0 Å². The minimum absolute atomic E-state index is 0.632. The first-order valence-electron chi connectivity index (χ1n) is 4.68. The predicted molar refractivity (Wildman–Crippen MR) is 67.0 cm³/mol. The van der Waals surface area contributed by atoms with Gasteiger partial charge in [-0.2, -0.15) is 0 Å². The summed E-state index contributed by atoms with van der Waals surface area (Å²) in [5.41, 5.74) is 6.49. The van der Waals surface area contributed by atoms with E-state index in [1.807, 2.05) is 25.2 Å². The fourth-order valence-corrected chi connectivity index (χ4v) is 2.57. The highest BCUT2D eigenvalue weighted by Crippen LogP contribution is 2.29. The molecule has 0 atom stereocenters. The van der Waals surface area contributed by atoms with E-state index in [-0.39, 0.29) is 0 Å². The van der Waals surface area contributed by atoms with Crippen molar-refractivity contribution in [1.82, 2.24) is 4.98 Å². The molecule has 5 heteroatoms. The molecule has 2 aromatic rings. The van der Waals surface area contributed by atoms with E-state index < -0.39 is 0 Å². The molecule has 0 amide bonds. The second-order valence-electron chi connectivity index (χ2n) is 3.32. The predicted octanol–water partition coefficient (Wildman–Crippen LogP) is 2.34. The molecule has 15 heavy (non-hydrogen) atoms. The third kappa shape index (κ3) is 2.22. The highest BCUT2D eigenvalue weighted by molar-refractivity contribution is 7.22. The van der Waals surface area contributed by atoms with Crippen molar-refractivity contribution in [2.75, 3.05) is 25.0 Å². The van der Waals surface area contributed by atoms with Crippen LogP contribution in [0.3, 0.4) is 0 Å². The number of anilines is 1. The van der Waals surface area contributed by atoms with Crippen LogP contribution in [0.2, 0.25) is 5.02 Å². The lowest BCUT2D eigenvalue weighted by Gasteiger charge is -2.12. The first-order valence-corrected chi connectivity index (χ1v) is 5.87. The van der Waals surface area contributed by atoms with Gasteiger partial charge in [-0.15, -0.1) is 0 Å². The molecular weight excluding hydrogens is 230 g/mol. The van der Waals surface area contributed by atoms with Gasteiger partial charge in [0.15, 0.2) is 5.13 Å². The monoisotopic (exact) mass is 241 g/mol. The van der Waals surface area contributed by atoms with Crippen molar-refractivity contribution in [3.8, 4) is 0 Å². The van der Waals surface area contributed by atoms with E-state index >= 15 is 0 Å². The Morgan fingerprint density at radius 1 is 1.53 bits per heavy atom. The zero-order valence-corrected chi connectivity index (χ0v) is 9.98. The molecule has 0 saturated heterocycles. The van der Waals surface area contributed by atoms with Gasteiger partial charge in [-0.25, -0.2) is 4.98 Å². The number of benzene rings is 1. The summed E-state index contributed by atoms with van der Waals surface area (Å²) in [7, 11) is 1.99. The Morgan fingerprint density at radius 3 is 3.07 bits per heavy atom. The largest absolute Gasteiger partial charge is 0.350 e. The van der Waals surface area contributed by atoms with Crippen LogP contribution >= 0.6 is 22.9 Å². The van der Waals surface area contributed by atoms with Crippen molar-refractivity contribution in [1.29, 1.82) is 0 Å². The van der Waals surface area contributed by atoms with Crippen molar-refractivity contribution in [3.63, 3.8) is 0 Å². The average molecular weight is 242 g/mol. The number of nitrogens with zero attached hydrogens (tertiary/aromatic N) is 2. The summed E-state index contributed by atoms with van der Waals surface area (Å²) in [6, 6.07) is 5.73. The van der Waals surface area contributed by atoms with Crippen molar-refractivity contribution < 1.29 is 0 Å². The number of aromatic nitrogens is 1. The third-order valence-corrected chi connectivity index (χ3v) is 3.50. The highest BCUT2D eigenvalue weighted by atomic mass is 35.5. The molecule has 2 rings (SSSR count). The van der Waals surface area contributed by atoms with Crippen LogP contribution in [0.1, 0.15) is 0 Å². The Balaban J connectivity index is 2.38. The molecule has 0 aliphatic heterocycles. The van der Waals surface area contributed by atoms with E-state index in [1.54, 1.807) is 11.3 Å². The van der Waals surface area contributed by atoms with E-state index in [1.165, 1.54) is 0 Å². The summed E-state index contributed by atoms with van der Waals surface area (Å²) in [5, 5.41) is 1.73. The van der Waals surface area contributed by atoms with Crippen LogP contribution in [-0.4, -0.2) is 25.1 Å². The van der Waals surface area contributed by atoms with Gasteiger partial charge in [0.1, 0.15) is 0 Å². The van der Waals surface area contributed by atoms with Crippen LogP contribution in [0.15, 0.2) is 18.2 Å². The summed E-state index contributed by atoms with van der Waals surface area (Å²) in [4.78, 5) is 6.56. The number of rotatable bonds is 3. The number of halogens is 1. The zero-order chi connectivity index (χ0) is 10.8. The average Bonchev–Trinajstić information content (AvgIpc) is 2.60.